The van der Waals surface area contributed by atoms with Gasteiger partial charge in [-0.05, 0) is 37.1 Å². The van der Waals surface area contributed by atoms with E-state index in [-0.39, 0.29) is 0 Å². The molecule has 2 heteroatoms. The summed E-state index contributed by atoms with van der Waals surface area (Å²) in [5.41, 5.74) is 1.77. The zero-order chi connectivity index (χ0) is 12.8. The molecule has 0 radical (unpaired) electrons. The van der Waals surface area contributed by atoms with Crippen molar-refractivity contribution in [1.29, 1.82) is 0 Å². The van der Waals surface area contributed by atoms with Gasteiger partial charge in [0.25, 0.3) is 0 Å². The van der Waals surface area contributed by atoms with Gasteiger partial charge < -0.3 is 10.1 Å². The summed E-state index contributed by atoms with van der Waals surface area (Å²) in [5, 5.41) is 3.55. The van der Waals surface area contributed by atoms with E-state index in [9.17, 15) is 0 Å². The Balaban J connectivity index is 2.26. The van der Waals surface area contributed by atoms with Gasteiger partial charge in [0.2, 0.25) is 0 Å². The van der Waals surface area contributed by atoms with Crippen LogP contribution in [-0.2, 0) is 5.41 Å². The molecule has 100 valence electrons. The summed E-state index contributed by atoms with van der Waals surface area (Å²) < 4.78 is 5.37. The third kappa shape index (κ3) is 2.86. The van der Waals surface area contributed by atoms with E-state index in [1.807, 2.05) is 6.07 Å². The van der Waals surface area contributed by atoms with Crippen LogP contribution in [0.4, 0.5) is 0 Å². The van der Waals surface area contributed by atoms with Crippen LogP contribution in [0.5, 0.6) is 5.75 Å². The molecule has 1 saturated carbocycles. The van der Waals surface area contributed by atoms with Crippen molar-refractivity contribution < 1.29 is 4.74 Å². The van der Waals surface area contributed by atoms with Gasteiger partial charge in [0, 0.05) is 12.0 Å². The summed E-state index contributed by atoms with van der Waals surface area (Å²) in [7, 11) is 1.75. The van der Waals surface area contributed by atoms with Gasteiger partial charge in [-0.2, -0.15) is 0 Å². The van der Waals surface area contributed by atoms with Crippen LogP contribution in [0.3, 0.4) is 0 Å². The lowest BCUT2D eigenvalue weighted by Gasteiger charge is -2.38. The number of benzene rings is 1. The second-order valence-corrected chi connectivity index (χ2v) is 5.35. The van der Waals surface area contributed by atoms with E-state index < -0.39 is 0 Å². The molecule has 1 fully saturated rings. The zero-order valence-corrected chi connectivity index (χ0v) is 11.7. The lowest BCUT2D eigenvalue weighted by molar-refractivity contribution is 0.281. The Bertz CT molecular complexity index is 369. The van der Waals surface area contributed by atoms with Crippen LogP contribution in [0.1, 0.15) is 44.6 Å². The second kappa shape index (κ2) is 6.24. The molecule has 1 aromatic rings. The van der Waals surface area contributed by atoms with Gasteiger partial charge in [-0.15, -0.1) is 0 Å². The smallest absolute Gasteiger partial charge is 0.119 e. The maximum atomic E-state index is 5.37. The van der Waals surface area contributed by atoms with Gasteiger partial charge in [-0.25, -0.2) is 0 Å². The molecule has 1 N–H and O–H groups in total. The van der Waals surface area contributed by atoms with Crippen LogP contribution in [0.2, 0.25) is 0 Å². The summed E-state index contributed by atoms with van der Waals surface area (Å²) in [6.07, 6.45) is 6.68. The zero-order valence-electron chi connectivity index (χ0n) is 11.7. The highest BCUT2D eigenvalue weighted by molar-refractivity contribution is 5.34. The molecule has 18 heavy (non-hydrogen) atoms. The topological polar surface area (TPSA) is 21.3 Å². The predicted molar refractivity (Wildman–Crippen MR) is 76.3 cm³/mol. The number of methoxy groups -OCH3 is 1. The molecule has 0 atom stereocenters. The quantitative estimate of drug-likeness (QED) is 0.859. The molecular formula is C16H25NO. The number of nitrogens with one attached hydrogen (secondary N) is 1. The number of likely N-dealkylation sites (N-methyl/N-ethyl adjacent to an activating group) is 1. The molecule has 0 aromatic heterocycles. The molecule has 0 amide bonds. The van der Waals surface area contributed by atoms with Gasteiger partial charge >= 0.3 is 0 Å². The van der Waals surface area contributed by atoms with Crippen molar-refractivity contribution in [3.8, 4) is 5.75 Å². The fourth-order valence-corrected chi connectivity index (χ4v) is 3.11. The number of hydrogen-bond acceptors (Lipinski definition) is 2. The van der Waals surface area contributed by atoms with E-state index in [4.69, 9.17) is 4.74 Å². The van der Waals surface area contributed by atoms with Gasteiger partial charge in [0.1, 0.15) is 5.75 Å². The van der Waals surface area contributed by atoms with Crippen molar-refractivity contribution in [3.05, 3.63) is 29.8 Å². The second-order valence-electron chi connectivity index (χ2n) is 5.35. The van der Waals surface area contributed by atoms with Crippen LogP contribution in [0.25, 0.3) is 0 Å². The minimum Gasteiger partial charge on any atom is -0.497 e. The highest BCUT2D eigenvalue weighted by atomic mass is 16.5. The summed E-state index contributed by atoms with van der Waals surface area (Å²) in [5.74, 6) is 0.981. The van der Waals surface area contributed by atoms with Crippen molar-refractivity contribution in [2.45, 2.75) is 44.4 Å². The van der Waals surface area contributed by atoms with Crippen LogP contribution >= 0.6 is 0 Å². The van der Waals surface area contributed by atoms with Crippen molar-refractivity contribution >= 4 is 0 Å². The summed E-state index contributed by atoms with van der Waals surface area (Å²) in [4.78, 5) is 0. The lowest BCUT2D eigenvalue weighted by Crippen LogP contribution is -2.39. The van der Waals surface area contributed by atoms with Gasteiger partial charge in [0.05, 0.1) is 7.11 Å². The molecule has 0 spiro atoms. The summed E-state index contributed by atoms with van der Waals surface area (Å²) in [6.45, 7) is 4.32. The lowest BCUT2D eigenvalue weighted by atomic mass is 9.69. The first-order valence-corrected chi connectivity index (χ1v) is 7.16. The third-order valence-electron chi connectivity index (χ3n) is 4.21. The van der Waals surface area contributed by atoms with Crippen molar-refractivity contribution in [2.24, 2.45) is 0 Å². The predicted octanol–water partition coefficient (Wildman–Crippen LogP) is 3.51. The minimum atomic E-state index is 0.322. The Morgan fingerprint density at radius 3 is 2.67 bits per heavy atom. The van der Waals surface area contributed by atoms with Crippen molar-refractivity contribution in [3.63, 3.8) is 0 Å². The molecular weight excluding hydrogens is 222 g/mol. The summed E-state index contributed by atoms with van der Waals surface area (Å²) >= 11 is 0. The molecule has 2 nitrogen and oxygen atoms in total. The number of rotatable bonds is 5. The van der Waals surface area contributed by atoms with E-state index in [2.05, 4.69) is 30.4 Å². The third-order valence-corrected chi connectivity index (χ3v) is 4.21. The fourth-order valence-electron chi connectivity index (χ4n) is 3.11. The van der Waals surface area contributed by atoms with Gasteiger partial charge in [0.15, 0.2) is 0 Å². The van der Waals surface area contributed by atoms with Crippen LogP contribution in [-0.4, -0.2) is 20.2 Å². The van der Waals surface area contributed by atoms with E-state index >= 15 is 0 Å². The molecule has 2 rings (SSSR count). The first kappa shape index (κ1) is 13.4. The van der Waals surface area contributed by atoms with E-state index in [1.165, 1.54) is 37.7 Å². The Morgan fingerprint density at radius 1 is 1.22 bits per heavy atom. The van der Waals surface area contributed by atoms with Crippen LogP contribution in [0, 0.1) is 0 Å². The average Bonchev–Trinajstić information content (AvgIpc) is 2.46. The molecule has 0 unspecified atom stereocenters. The maximum absolute atomic E-state index is 5.37. The molecule has 1 aliphatic carbocycles. The van der Waals surface area contributed by atoms with Gasteiger partial charge in [-0.3, -0.25) is 0 Å². The number of ether oxygens (including phenoxy) is 1. The Hall–Kier alpha value is -1.02. The molecule has 1 aromatic carbocycles. The average molecular weight is 247 g/mol. The molecule has 0 heterocycles. The molecule has 0 saturated heterocycles. The monoisotopic (exact) mass is 247 g/mol. The maximum Gasteiger partial charge on any atom is 0.119 e. The highest BCUT2D eigenvalue weighted by Gasteiger charge is 2.33. The SMILES string of the molecule is CCNCC1(c2cccc(OC)c2)CCCCC1. The van der Waals surface area contributed by atoms with Crippen LogP contribution < -0.4 is 10.1 Å². The van der Waals surface area contributed by atoms with E-state index in [0.717, 1.165) is 18.8 Å². The Morgan fingerprint density at radius 2 is 2.00 bits per heavy atom. The molecule has 0 aliphatic heterocycles. The highest BCUT2D eigenvalue weighted by Crippen LogP contribution is 2.39. The molecule has 0 bridgehead atoms. The number of hydrogen-bond donors (Lipinski definition) is 1. The summed E-state index contributed by atoms with van der Waals surface area (Å²) in [6, 6.07) is 8.65. The normalized spacial score (nSPS) is 18.6. The minimum absolute atomic E-state index is 0.322. The first-order chi connectivity index (χ1) is 8.80. The van der Waals surface area contributed by atoms with Crippen molar-refractivity contribution in [2.75, 3.05) is 20.2 Å². The first-order valence-electron chi connectivity index (χ1n) is 7.16. The van der Waals surface area contributed by atoms with E-state index in [0.29, 0.717) is 5.41 Å². The van der Waals surface area contributed by atoms with Crippen LogP contribution in [0.15, 0.2) is 24.3 Å². The van der Waals surface area contributed by atoms with E-state index in [1.54, 1.807) is 7.11 Å². The Labute approximate surface area is 111 Å². The fraction of sp³-hybridized carbons (Fsp3) is 0.625. The standard InChI is InChI=1S/C16H25NO/c1-3-17-13-16(10-5-4-6-11-16)14-8-7-9-15(12-14)18-2/h7-9,12,17H,3-6,10-11,13H2,1-2H3. The van der Waals surface area contributed by atoms with Gasteiger partial charge in [-0.1, -0.05) is 38.3 Å². The largest absolute Gasteiger partial charge is 0.497 e. The Kier molecular flexibility index (Phi) is 4.65. The molecule has 1 aliphatic rings. The van der Waals surface area contributed by atoms with Crippen molar-refractivity contribution in [1.82, 2.24) is 5.32 Å².